The highest BCUT2D eigenvalue weighted by Crippen LogP contribution is 2.18. The summed E-state index contributed by atoms with van der Waals surface area (Å²) in [6.07, 6.45) is -0.471. The van der Waals surface area contributed by atoms with E-state index in [-0.39, 0.29) is 0 Å². The van der Waals surface area contributed by atoms with E-state index in [1.54, 1.807) is 23.5 Å². The second-order valence-corrected chi connectivity index (χ2v) is 6.97. The number of benzene rings is 1. The summed E-state index contributed by atoms with van der Waals surface area (Å²) >= 11 is 1.55. The van der Waals surface area contributed by atoms with Crippen molar-refractivity contribution in [2.24, 2.45) is 0 Å². The summed E-state index contributed by atoms with van der Waals surface area (Å²) in [6, 6.07) is 11.4. The molecule has 6 heteroatoms. The highest BCUT2D eigenvalue weighted by molar-refractivity contribution is 7.10. The number of hydrogen-bond donors (Lipinski definition) is 2. The molecule has 0 radical (unpaired) electrons. The number of amides is 1. The van der Waals surface area contributed by atoms with Crippen LogP contribution in [0.1, 0.15) is 31.2 Å². The molecular formula is C17H19N3O2S. The Bertz CT molecular complexity index is 709. The summed E-state index contributed by atoms with van der Waals surface area (Å²) in [5.74, 6) is 0. The smallest absolute Gasteiger partial charge is 0.412 e. The largest absolute Gasteiger partial charge is 0.444 e. The van der Waals surface area contributed by atoms with Crippen LogP contribution in [0.15, 0.2) is 35.7 Å². The highest BCUT2D eigenvalue weighted by atomic mass is 32.1. The Hall–Kier alpha value is -2.52. The minimum absolute atomic E-state index is 0.471. The molecule has 0 fully saturated rings. The zero-order valence-electron chi connectivity index (χ0n) is 13.3. The van der Waals surface area contributed by atoms with Gasteiger partial charge in [0.05, 0.1) is 5.56 Å². The first-order valence-electron chi connectivity index (χ1n) is 7.17. The molecule has 1 amide bonds. The minimum atomic E-state index is -0.519. The van der Waals surface area contributed by atoms with Crippen LogP contribution < -0.4 is 10.6 Å². The van der Waals surface area contributed by atoms with Gasteiger partial charge in [0.1, 0.15) is 11.7 Å². The van der Waals surface area contributed by atoms with Crippen LogP contribution >= 0.6 is 11.3 Å². The van der Waals surface area contributed by atoms with Crippen LogP contribution in [0.25, 0.3) is 0 Å². The first-order chi connectivity index (χ1) is 10.9. The summed E-state index contributed by atoms with van der Waals surface area (Å²) in [7, 11) is 0. The predicted molar refractivity (Wildman–Crippen MR) is 92.7 cm³/mol. The summed E-state index contributed by atoms with van der Waals surface area (Å²) in [5.41, 5.74) is 1.78. The standard InChI is InChI=1S/C17H19N3O2S/c1-17(2,3)22-16(21)20-14-6-4-13(5-7-14)19-10-15-8-12(9-18)11-23-15/h4-8,11,19H,10H2,1-3H3,(H,20,21). The normalized spacial score (nSPS) is 10.7. The molecule has 23 heavy (non-hydrogen) atoms. The van der Waals surface area contributed by atoms with E-state index in [2.05, 4.69) is 16.7 Å². The summed E-state index contributed by atoms with van der Waals surface area (Å²) in [6.45, 7) is 6.12. The van der Waals surface area contributed by atoms with Crippen LogP contribution in [0.4, 0.5) is 16.2 Å². The number of anilines is 2. The van der Waals surface area contributed by atoms with Gasteiger partial charge in [-0.3, -0.25) is 5.32 Å². The molecule has 0 saturated heterocycles. The number of carbonyl (C=O) groups is 1. The van der Waals surface area contributed by atoms with E-state index in [0.29, 0.717) is 17.8 Å². The molecule has 0 saturated carbocycles. The van der Waals surface area contributed by atoms with Crippen molar-refractivity contribution in [1.29, 1.82) is 5.26 Å². The van der Waals surface area contributed by atoms with Crippen LogP contribution in [0.3, 0.4) is 0 Å². The lowest BCUT2D eigenvalue weighted by Gasteiger charge is -2.19. The molecule has 0 unspecified atom stereocenters. The van der Waals surface area contributed by atoms with Gasteiger partial charge in [-0.2, -0.15) is 5.26 Å². The molecule has 0 bridgehead atoms. The topological polar surface area (TPSA) is 74.2 Å². The number of nitriles is 1. The molecule has 1 aromatic heterocycles. The lowest BCUT2D eigenvalue weighted by molar-refractivity contribution is 0.0636. The van der Waals surface area contributed by atoms with E-state index in [1.165, 1.54) is 0 Å². The van der Waals surface area contributed by atoms with Crippen molar-refractivity contribution in [3.63, 3.8) is 0 Å². The zero-order chi connectivity index (χ0) is 16.9. The molecule has 120 valence electrons. The lowest BCUT2D eigenvalue weighted by Crippen LogP contribution is -2.27. The summed E-state index contributed by atoms with van der Waals surface area (Å²) in [4.78, 5) is 12.8. The summed E-state index contributed by atoms with van der Waals surface area (Å²) < 4.78 is 5.20. The molecule has 2 rings (SSSR count). The third kappa shape index (κ3) is 5.64. The van der Waals surface area contributed by atoms with E-state index >= 15 is 0 Å². The Morgan fingerprint density at radius 1 is 1.26 bits per heavy atom. The quantitative estimate of drug-likeness (QED) is 0.861. The second kappa shape index (κ2) is 7.16. The van der Waals surface area contributed by atoms with Crippen LogP contribution in [0, 0.1) is 11.3 Å². The number of hydrogen-bond acceptors (Lipinski definition) is 5. The molecule has 0 atom stereocenters. The van der Waals surface area contributed by atoms with Crippen molar-refractivity contribution < 1.29 is 9.53 Å². The van der Waals surface area contributed by atoms with Gasteiger partial charge in [0.15, 0.2) is 0 Å². The maximum absolute atomic E-state index is 11.7. The molecule has 1 heterocycles. The van der Waals surface area contributed by atoms with Crippen LogP contribution in [-0.2, 0) is 11.3 Å². The second-order valence-electron chi connectivity index (χ2n) is 5.97. The number of thiophene rings is 1. The SMILES string of the molecule is CC(C)(C)OC(=O)Nc1ccc(NCc2cc(C#N)cs2)cc1. The third-order valence-electron chi connectivity index (χ3n) is 2.78. The Morgan fingerprint density at radius 2 is 1.91 bits per heavy atom. The van der Waals surface area contributed by atoms with Crippen molar-refractivity contribution in [3.8, 4) is 6.07 Å². The maximum Gasteiger partial charge on any atom is 0.412 e. The van der Waals surface area contributed by atoms with Crippen molar-refractivity contribution in [1.82, 2.24) is 0 Å². The van der Waals surface area contributed by atoms with E-state index in [4.69, 9.17) is 10.00 Å². The molecule has 0 aliphatic rings. The number of carbonyl (C=O) groups excluding carboxylic acids is 1. The molecule has 5 nitrogen and oxygen atoms in total. The maximum atomic E-state index is 11.7. The van der Waals surface area contributed by atoms with Crippen molar-refractivity contribution in [2.45, 2.75) is 32.9 Å². The molecule has 0 aliphatic heterocycles. The Balaban J connectivity index is 1.87. The minimum Gasteiger partial charge on any atom is -0.444 e. The van der Waals surface area contributed by atoms with E-state index < -0.39 is 11.7 Å². The average molecular weight is 329 g/mol. The number of rotatable bonds is 4. The van der Waals surface area contributed by atoms with Crippen LogP contribution in [-0.4, -0.2) is 11.7 Å². The fraction of sp³-hybridized carbons (Fsp3) is 0.294. The van der Waals surface area contributed by atoms with Gasteiger partial charge in [0.2, 0.25) is 0 Å². The average Bonchev–Trinajstić information content (AvgIpc) is 2.92. The molecule has 2 N–H and O–H groups in total. The van der Waals surface area contributed by atoms with Crippen LogP contribution in [0.5, 0.6) is 0 Å². The van der Waals surface area contributed by atoms with Gasteiger partial charge in [-0.15, -0.1) is 11.3 Å². The van der Waals surface area contributed by atoms with Gasteiger partial charge in [-0.25, -0.2) is 4.79 Å². The molecule has 0 spiro atoms. The predicted octanol–water partition coefficient (Wildman–Crippen LogP) is 4.58. The Kier molecular flexibility index (Phi) is 5.24. The molecular weight excluding hydrogens is 310 g/mol. The molecule has 0 aliphatic carbocycles. The van der Waals surface area contributed by atoms with Crippen molar-refractivity contribution in [3.05, 3.63) is 46.2 Å². The van der Waals surface area contributed by atoms with Crippen LogP contribution in [0.2, 0.25) is 0 Å². The van der Waals surface area contributed by atoms with E-state index in [9.17, 15) is 4.79 Å². The zero-order valence-corrected chi connectivity index (χ0v) is 14.2. The Morgan fingerprint density at radius 3 is 2.48 bits per heavy atom. The Labute approximate surface area is 139 Å². The number of nitrogens with zero attached hydrogens (tertiary/aromatic N) is 1. The number of nitrogens with one attached hydrogen (secondary N) is 2. The van der Waals surface area contributed by atoms with Gasteiger partial charge in [-0.1, -0.05) is 0 Å². The van der Waals surface area contributed by atoms with Crippen molar-refractivity contribution in [2.75, 3.05) is 10.6 Å². The first kappa shape index (κ1) is 16.8. The van der Waals surface area contributed by atoms with E-state index in [0.717, 1.165) is 10.6 Å². The van der Waals surface area contributed by atoms with Gasteiger partial charge in [0.25, 0.3) is 0 Å². The van der Waals surface area contributed by atoms with Gasteiger partial charge < -0.3 is 10.1 Å². The number of ether oxygens (including phenoxy) is 1. The van der Waals surface area contributed by atoms with Gasteiger partial charge in [0, 0.05) is 28.2 Å². The van der Waals surface area contributed by atoms with Crippen molar-refractivity contribution >= 4 is 28.8 Å². The van der Waals surface area contributed by atoms with Gasteiger partial charge >= 0.3 is 6.09 Å². The third-order valence-corrected chi connectivity index (χ3v) is 3.72. The highest BCUT2D eigenvalue weighted by Gasteiger charge is 2.16. The fourth-order valence-corrected chi connectivity index (χ4v) is 2.56. The summed E-state index contributed by atoms with van der Waals surface area (Å²) in [5, 5.41) is 16.6. The molecule has 1 aromatic carbocycles. The van der Waals surface area contributed by atoms with E-state index in [1.807, 2.05) is 44.4 Å². The van der Waals surface area contributed by atoms with Gasteiger partial charge in [-0.05, 0) is 51.1 Å². The first-order valence-corrected chi connectivity index (χ1v) is 8.05. The monoisotopic (exact) mass is 329 g/mol. The lowest BCUT2D eigenvalue weighted by atomic mass is 10.2. The molecule has 2 aromatic rings. The fourth-order valence-electron chi connectivity index (χ4n) is 1.81.